The number of benzene rings is 3. The molecule has 0 radical (unpaired) electrons. The van der Waals surface area contributed by atoms with E-state index >= 15 is 0 Å². The summed E-state index contributed by atoms with van der Waals surface area (Å²) in [7, 11) is 1.65. The predicted octanol–water partition coefficient (Wildman–Crippen LogP) is 4.45. The summed E-state index contributed by atoms with van der Waals surface area (Å²) in [5.41, 5.74) is 4.25. The van der Waals surface area contributed by atoms with Crippen molar-refractivity contribution in [3.05, 3.63) is 102 Å². The van der Waals surface area contributed by atoms with E-state index in [0.717, 1.165) is 28.4 Å². The van der Waals surface area contributed by atoms with Gasteiger partial charge in [0.25, 0.3) is 0 Å². The number of methoxy groups -OCH3 is 1. The maximum Gasteiger partial charge on any atom is 0.132 e. The largest absolute Gasteiger partial charge is 0.497 e. The first-order chi connectivity index (χ1) is 13.3. The molecule has 4 aromatic rings. The Hall–Kier alpha value is -3.73. The van der Waals surface area contributed by atoms with Crippen molar-refractivity contribution in [1.82, 2.24) is 15.0 Å². The molecule has 0 saturated heterocycles. The fourth-order valence-electron chi connectivity index (χ4n) is 2.73. The van der Waals surface area contributed by atoms with Gasteiger partial charge < -0.3 is 4.74 Å². The lowest BCUT2D eigenvalue weighted by Gasteiger charge is -2.04. The molecule has 0 bridgehead atoms. The molecule has 0 fully saturated rings. The van der Waals surface area contributed by atoms with E-state index in [1.165, 1.54) is 0 Å². The molecule has 0 aliphatic rings. The lowest BCUT2D eigenvalue weighted by Crippen LogP contribution is -2.03. The molecule has 0 N–H and O–H groups in total. The summed E-state index contributed by atoms with van der Waals surface area (Å²) in [6.45, 7) is 0. The summed E-state index contributed by atoms with van der Waals surface area (Å²) in [6, 6.07) is 27.5. The number of aliphatic imine (C=N–C) groups is 1. The van der Waals surface area contributed by atoms with E-state index in [0.29, 0.717) is 5.69 Å². The molecular weight excluding hydrogens is 336 g/mol. The highest BCUT2D eigenvalue weighted by Gasteiger charge is 2.12. The molecule has 0 aliphatic heterocycles. The number of nitrogens with zero attached hydrogens (tertiary/aromatic N) is 4. The standard InChI is InChI=1S/C22H18N4O/c1-27-20-14-12-19(13-15-20)26-16-21(24-25-26)22(17-8-4-2-5-9-17)23-18-10-6-3-7-11-18/h2-16H,1H3. The Labute approximate surface area is 157 Å². The summed E-state index contributed by atoms with van der Waals surface area (Å²) in [6.07, 6.45) is 1.89. The van der Waals surface area contributed by atoms with Gasteiger partial charge in [0.05, 0.1) is 24.7 Å². The first-order valence-corrected chi connectivity index (χ1v) is 8.60. The van der Waals surface area contributed by atoms with Crippen LogP contribution in [0, 0.1) is 0 Å². The van der Waals surface area contributed by atoms with Crippen molar-refractivity contribution in [2.45, 2.75) is 0 Å². The molecule has 3 aromatic carbocycles. The predicted molar refractivity (Wildman–Crippen MR) is 106 cm³/mol. The van der Waals surface area contributed by atoms with Crippen LogP contribution in [-0.2, 0) is 0 Å². The van der Waals surface area contributed by atoms with Crippen molar-refractivity contribution in [3.8, 4) is 11.4 Å². The zero-order valence-corrected chi connectivity index (χ0v) is 14.9. The summed E-state index contributed by atoms with van der Waals surface area (Å²) in [5, 5.41) is 8.63. The van der Waals surface area contributed by atoms with E-state index in [2.05, 4.69) is 10.3 Å². The van der Waals surface area contributed by atoms with Crippen molar-refractivity contribution in [2.24, 2.45) is 4.99 Å². The van der Waals surface area contributed by atoms with Crippen LogP contribution < -0.4 is 4.74 Å². The second kappa shape index (κ2) is 7.66. The zero-order chi connectivity index (χ0) is 18.5. The van der Waals surface area contributed by atoms with Crippen molar-refractivity contribution in [3.63, 3.8) is 0 Å². The zero-order valence-electron chi connectivity index (χ0n) is 14.9. The molecule has 0 atom stereocenters. The van der Waals surface area contributed by atoms with Gasteiger partial charge in [0.15, 0.2) is 0 Å². The Kier molecular flexibility index (Phi) is 4.74. The summed E-state index contributed by atoms with van der Waals surface area (Å²) < 4.78 is 6.94. The molecule has 5 heteroatoms. The number of hydrogen-bond donors (Lipinski definition) is 0. The van der Waals surface area contributed by atoms with Crippen LogP contribution >= 0.6 is 0 Å². The summed E-state index contributed by atoms with van der Waals surface area (Å²) in [4.78, 5) is 4.81. The minimum atomic E-state index is 0.709. The van der Waals surface area contributed by atoms with E-state index in [4.69, 9.17) is 9.73 Å². The molecule has 0 amide bonds. The number of aromatic nitrogens is 3. The molecule has 0 spiro atoms. The van der Waals surface area contributed by atoms with Gasteiger partial charge in [-0.3, -0.25) is 0 Å². The van der Waals surface area contributed by atoms with Gasteiger partial charge in [0.2, 0.25) is 0 Å². The van der Waals surface area contributed by atoms with Gasteiger partial charge in [0.1, 0.15) is 17.2 Å². The average Bonchev–Trinajstić information content (AvgIpc) is 3.23. The molecule has 27 heavy (non-hydrogen) atoms. The van der Waals surface area contributed by atoms with Crippen molar-refractivity contribution in [1.29, 1.82) is 0 Å². The quantitative estimate of drug-likeness (QED) is 0.498. The third kappa shape index (κ3) is 3.77. The fraction of sp³-hybridized carbons (Fsp3) is 0.0455. The molecule has 1 aromatic heterocycles. The maximum atomic E-state index is 5.21. The van der Waals surface area contributed by atoms with Gasteiger partial charge in [-0.25, -0.2) is 9.67 Å². The van der Waals surface area contributed by atoms with Gasteiger partial charge in [-0.2, -0.15) is 0 Å². The van der Waals surface area contributed by atoms with Crippen LogP contribution in [0.4, 0.5) is 5.69 Å². The average molecular weight is 354 g/mol. The lowest BCUT2D eigenvalue weighted by molar-refractivity contribution is 0.414. The summed E-state index contributed by atoms with van der Waals surface area (Å²) >= 11 is 0. The monoisotopic (exact) mass is 354 g/mol. The SMILES string of the molecule is COc1ccc(-n2cc(C(=Nc3ccccc3)c3ccccc3)nn2)cc1. The second-order valence-electron chi connectivity index (χ2n) is 5.91. The van der Waals surface area contributed by atoms with Crippen LogP contribution in [0.2, 0.25) is 0 Å². The van der Waals surface area contributed by atoms with Crippen molar-refractivity contribution in [2.75, 3.05) is 7.11 Å². The molecule has 4 rings (SSSR count). The molecule has 0 aliphatic carbocycles. The third-order valence-corrected chi connectivity index (χ3v) is 4.12. The highest BCUT2D eigenvalue weighted by molar-refractivity contribution is 6.12. The van der Waals surface area contributed by atoms with E-state index in [9.17, 15) is 0 Å². The summed E-state index contributed by atoms with van der Waals surface area (Å²) in [5.74, 6) is 0.801. The van der Waals surface area contributed by atoms with Gasteiger partial charge in [0, 0.05) is 5.56 Å². The molecule has 0 saturated carbocycles. The van der Waals surface area contributed by atoms with Crippen LogP contribution in [-0.4, -0.2) is 27.8 Å². The van der Waals surface area contributed by atoms with Gasteiger partial charge in [-0.1, -0.05) is 53.7 Å². The minimum Gasteiger partial charge on any atom is -0.497 e. The Morgan fingerprint density at radius 1 is 0.852 bits per heavy atom. The first-order valence-electron chi connectivity index (χ1n) is 8.60. The van der Waals surface area contributed by atoms with Crippen LogP contribution in [0.25, 0.3) is 5.69 Å². The molecule has 1 heterocycles. The second-order valence-corrected chi connectivity index (χ2v) is 5.91. The molecule has 5 nitrogen and oxygen atoms in total. The van der Waals surface area contributed by atoms with Gasteiger partial charge in [-0.05, 0) is 36.4 Å². The Balaban J connectivity index is 1.75. The molecule has 0 unspecified atom stereocenters. The maximum absolute atomic E-state index is 5.21. The highest BCUT2D eigenvalue weighted by atomic mass is 16.5. The first kappa shape index (κ1) is 16.7. The van der Waals surface area contributed by atoms with Gasteiger partial charge in [-0.15, -0.1) is 5.10 Å². The molecular formula is C22H18N4O. The van der Waals surface area contributed by atoms with Crippen LogP contribution in [0.3, 0.4) is 0 Å². The van der Waals surface area contributed by atoms with E-state index in [1.807, 2.05) is 91.1 Å². The number of rotatable bonds is 5. The third-order valence-electron chi connectivity index (χ3n) is 4.12. The normalized spacial score (nSPS) is 11.4. The van der Waals surface area contributed by atoms with Gasteiger partial charge >= 0.3 is 0 Å². The van der Waals surface area contributed by atoms with Crippen LogP contribution in [0.15, 0.2) is 96.1 Å². The van der Waals surface area contributed by atoms with Crippen LogP contribution in [0.5, 0.6) is 5.75 Å². The Morgan fingerprint density at radius 3 is 2.19 bits per heavy atom. The fourth-order valence-corrected chi connectivity index (χ4v) is 2.73. The minimum absolute atomic E-state index is 0.709. The topological polar surface area (TPSA) is 52.3 Å². The van der Waals surface area contributed by atoms with E-state index in [-0.39, 0.29) is 0 Å². The number of para-hydroxylation sites is 1. The van der Waals surface area contributed by atoms with E-state index < -0.39 is 0 Å². The smallest absolute Gasteiger partial charge is 0.132 e. The van der Waals surface area contributed by atoms with Crippen molar-refractivity contribution >= 4 is 11.4 Å². The highest BCUT2D eigenvalue weighted by Crippen LogP contribution is 2.18. The Morgan fingerprint density at radius 2 is 1.52 bits per heavy atom. The van der Waals surface area contributed by atoms with E-state index in [1.54, 1.807) is 11.8 Å². The number of ether oxygens (including phenoxy) is 1. The Bertz CT molecular complexity index is 1040. The number of hydrogen-bond acceptors (Lipinski definition) is 4. The van der Waals surface area contributed by atoms with Crippen LogP contribution in [0.1, 0.15) is 11.3 Å². The van der Waals surface area contributed by atoms with Crippen molar-refractivity contribution < 1.29 is 4.74 Å². The lowest BCUT2D eigenvalue weighted by atomic mass is 10.1. The molecule has 132 valence electrons.